The highest BCUT2D eigenvalue weighted by molar-refractivity contribution is 8.18. The predicted octanol–water partition coefficient (Wildman–Crippen LogP) is 5.94. The number of nitro groups is 1. The third-order valence-corrected chi connectivity index (χ3v) is 7.27. The SMILES string of the molecule is CCN1c2ccc(/C=C3/SC(=O)N(Cc4cccc([N+](=O)[O-])c4)C3=O)cc2C(C)CC1(C)C. The minimum atomic E-state index is -0.491. The first-order chi connectivity index (χ1) is 15.6. The van der Waals surface area contributed by atoms with Crippen LogP contribution < -0.4 is 4.90 Å². The van der Waals surface area contributed by atoms with Gasteiger partial charge in [-0.1, -0.05) is 25.1 Å². The Kier molecular flexibility index (Phi) is 6.05. The number of carbonyl (C=O) groups is 2. The maximum absolute atomic E-state index is 13.0. The Morgan fingerprint density at radius 1 is 1.21 bits per heavy atom. The third-order valence-electron chi connectivity index (χ3n) is 6.36. The summed E-state index contributed by atoms with van der Waals surface area (Å²) >= 11 is 0.904. The van der Waals surface area contributed by atoms with E-state index >= 15 is 0 Å². The molecule has 0 spiro atoms. The monoisotopic (exact) mass is 465 g/mol. The van der Waals surface area contributed by atoms with Crippen LogP contribution in [-0.2, 0) is 11.3 Å². The van der Waals surface area contributed by atoms with Crippen LogP contribution in [0.4, 0.5) is 16.2 Å². The van der Waals surface area contributed by atoms with Gasteiger partial charge in [0.2, 0.25) is 0 Å². The topological polar surface area (TPSA) is 83.8 Å². The molecule has 0 aliphatic carbocycles. The fourth-order valence-corrected chi connectivity index (χ4v) is 5.77. The largest absolute Gasteiger partial charge is 0.366 e. The molecule has 0 saturated carbocycles. The van der Waals surface area contributed by atoms with Gasteiger partial charge in [0.25, 0.3) is 16.8 Å². The Morgan fingerprint density at radius 3 is 2.67 bits per heavy atom. The summed E-state index contributed by atoms with van der Waals surface area (Å²) in [6.07, 6.45) is 2.80. The molecule has 2 aliphatic rings. The number of imide groups is 1. The Bertz CT molecular complexity index is 1170. The highest BCUT2D eigenvalue weighted by atomic mass is 32.2. The molecule has 2 aromatic rings. The van der Waals surface area contributed by atoms with E-state index < -0.39 is 4.92 Å². The lowest BCUT2D eigenvalue weighted by Gasteiger charge is -2.47. The first-order valence-corrected chi connectivity index (χ1v) is 11.8. The number of fused-ring (bicyclic) bond motifs is 1. The molecular weight excluding hydrogens is 438 g/mol. The van der Waals surface area contributed by atoms with Crippen LogP contribution in [0.1, 0.15) is 56.7 Å². The summed E-state index contributed by atoms with van der Waals surface area (Å²) < 4.78 is 0. The summed E-state index contributed by atoms with van der Waals surface area (Å²) in [5.41, 5.74) is 3.91. The summed E-state index contributed by atoms with van der Waals surface area (Å²) in [5, 5.41) is 10.6. The van der Waals surface area contributed by atoms with Crippen LogP contribution in [0, 0.1) is 10.1 Å². The van der Waals surface area contributed by atoms with E-state index in [9.17, 15) is 19.7 Å². The Morgan fingerprint density at radius 2 is 1.97 bits per heavy atom. The second kappa shape index (κ2) is 8.67. The van der Waals surface area contributed by atoms with Crippen LogP contribution in [0.15, 0.2) is 47.4 Å². The summed E-state index contributed by atoms with van der Waals surface area (Å²) in [7, 11) is 0. The molecule has 7 nitrogen and oxygen atoms in total. The fraction of sp³-hybridized carbons (Fsp3) is 0.360. The zero-order valence-electron chi connectivity index (χ0n) is 19.2. The third kappa shape index (κ3) is 4.39. The van der Waals surface area contributed by atoms with Gasteiger partial charge in [-0.15, -0.1) is 0 Å². The molecule has 172 valence electrons. The zero-order chi connectivity index (χ0) is 23.9. The molecule has 0 N–H and O–H groups in total. The number of rotatable bonds is 5. The van der Waals surface area contributed by atoms with Crippen molar-refractivity contribution in [3.63, 3.8) is 0 Å². The number of anilines is 1. The van der Waals surface area contributed by atoms with Crippen LogP contribution in [0.25, 0.3) is 6.08 Å². The molecule has 1 fully saturated rings. The van der Waals surface area contributed by atoms with Crippen molar-refractivity contribution in [1.82, 2.24) is 4.90 Å². The number of carbonyl (C=O) groups excluding carboxylic acids is 2. The lowest BCUT2D eigenvalue weighted by molar-refractivity contribution is -0.384. The minimum Gasteiger partial charge on any atom is -0.366 e. The number of hydrogen-bond donors (Lipinski definition) is 0. The van der Waals surface area contributed by atoms with E-state index in [1.165, 1.54) is 23.4 Å². The Hall–Kier alpha value is -3.13. The molecular formula is C25H27N3O4S. The first-order valence-electron chi connectivity index (χ1n) is 11.0. The van der Waals surface area contributed by atoms with Gasteiger partial charge in [0.1, 0.15) is 0 Å². The quantitative estimate of drug-likeness (QED) is 0.308. The lowest BCUT2D eigenvalue weighted by Crippen LogP contribution is -2.48. The van der Waals surface area contributed by atoms with Gasteiger partial charge in [-0.25, -0.2) is 0 Å². The van der Waals surface area contributed by atoms with Gasteiger partial charge in [0.05, 0.1) is 16.4 Å². The van der Waals surface area contributed by atoms with Crippen molar-refractivity contribution in [3.05, 3.63) is 74.2 Å². The average Bonchev–Trinajstić information content (AvgIpc) is 3.01. The molecule has 33 heavy (non-hydrogen) atoms. The lowest BCUT2D eigenvalue weighted by atomic mass is 9.79. The standard InChI is InChI=1S/C25H27N3O4S/c1-5-27-21-10-9-17(12-20(21)16(2)14-25(27,3)4)13-22-23(29)26(24(30)33-22)15-18-7-6-8-19(11-18)28(31)32/h6-13,16H,5,14-15H2,1-4H3/b22-13+. The van der Waals surface area contributed by atoms with Crippen molar-refractivity contribution in [1.29, 1.82) is 0 Å². The highest BCUT2D eigenvalue weighted by Gasteiger charge is 2.37. The fourth-order valence-electron chi connectivity index (χ4n) is 4.94. The normalized spacial score (nSPS) is 21.0. The van der Waals surface area contributed by atoms with E-state index in [1.807, 2.05) is 6.07 Å². The average molecular weight is 466 g/mol. The van der Waals surface area contributed by atoms with Crippen molar-refractivity contribution in [2.45, 2.75) is 52.1 Å². The molecule has 1 saturated heterocycles. The maximum atomic E-state index is 13.0. The Balaban J connectivity index is 1.59. The Labute approximate surface area is 197 Å². The molecule has 2 aromatic carbocycles. The van der Waals surface area contributed by atoms with Crippen LogP contribution in [0.5, 0.6) is 0 Å². The minimum absolute atomic E-state index is 0.00541. The van der Waals surface area contributed by atoms with Crippen LogP contribution in [-0.4, -0.2) is 33.1 Å². The van der Waals surface area contributed by atoms with Gasteiger partial charge in [0, 0.05) is 29.9 Å². The molecule has 2 heterocycles. The zero-order valence-corrected chi connectivity index (χ0v) is 20.0. The van der Waals surface area contributed by atoms with Crippen molar-refractivity contribution in [2.75, 3.05) is 11.4 Å². The van der Waals surface area contributed by atoms with E-state index in [-0.39, 0.29) is 28.9 Å². The van der Waals surface area contributed by atoms with Crippen LogP contribution in [0.3, 0.4) is 0 Å². The number of nitrogens with zero attached hydrogens (tertiary/aromatic N) is 3. The van der Waals surface area contributed by atoms with Crippen molar-refractivity contribution in [3.8, 4) is 0 Å². The van der Waals surface area contributed by atoms with Crippen LogP contribution >= 0.6 is 11.8 Å². The highest BCUT2D eigenvalue weighted by Crippen LogP contribution is 2.44. The molecule has 1 atom stereocenters. The number of thioether (sulfide) groups is 1. The molecule has 0 radical (unpaired) electrons. The van der Waals surface area contributed by atoms with Gasteiger partial charge >= 0.3 is 0 Å². The number of benzene rings is 2. The maximum Gasteiger partial charge on any atom is 0.293 e. The second-order valence-corrected chi connectivity index (χ2v) is 10.2. The molecule has 4 rings (SSSR count). The van der Waals surface area contributed by atoms with E-state index in [0.29, 0.717) is 16.4 Å². The van der Waals surface area contributed by atoms with Gasteiger partial charge in [-0.3, -0.25) is 24.6 Å². The van der Waals surface area contributed by atoms with Gasteiger partial charge in [-0.05, 0) is 79.8 Å². The number of nitro benzene ring substituents is 1. The van der Waals surface area contributed by atoms with Crippen molar-refractivity contribution >= 4 is 40.4 Å². The molecule has 8 heteroatoms. The predicted molar refractivity (Wildman–Crippen MR) is 131 cm³/mol. The molecule has 0 aromatic heterocycles. The van der Waals surface area contributed by atoms with Gasteiger partial charge in [-0.2, -0.15) is 0 Å². The molecule has 2 aliphatic heterocycles. The summed E-state index contributed by atoms with van der Waals surface area (Å²) in [4.78, 5) is 39.9. The smallest absolute Gasteiger partial charge is 0.293 e. The number of non-ortho nitro benzene ring substituents is 1. The van der Waals surface area contributed by atoms with Crippen molar-refractivity contribution in [2.24, 2.45) is 0 Å². The number of amides is 2. The van der Waals surface area contributed by atoms with E-state index in [4.69, 9.17) is 0 Å². The second-order valence-electron chi connectivity index (χ2n) is 9.17. The number of hydrogen-bond acceptors (Lipinski definition) is 6. The van der Waals surface area contributed by atoms with Crippen LogP contribution in [0.2, 0.25) is 0 Å². The van der Waals surface area contributed by atoms with Gasteiger partial charge < -0.3 is 4.90 Å². The molecule has 2 amide bonds. The first kappa shape index (κ1) is 23.0. The van der Waals surface area contributed by atoms with Crippen molar-refractivity contribution < 1.29 is 14.5 Å². The van der Waals surface area contributed by atoms with E-state index in [2.05, 4.69) is 44.7 Å². The molecule has 0 bridgehead atoms. The summed E-state index contributed by atoms with van der Waals surface area (Å²) in [5.74, 6) is 0.00803. The van der Waals surface area contributed by atoms with E-state index in [1.54, 1.807) is 18.2 Å². The van der Waals surface area contributed by atoms with Gasteiger partial charge in [0.15, 0.2) is 0 Å². The summed E-state index contributed by atoms with van der Waals surface area (Å²) in [6, 6.07) is 12.2. The summed E-state index contributed by atoms with van der Waals surface area (Å²) in [6.45, 7) is 9.84. The molecule has 1 unspecified atom stereocenters. The van der Waals surface area contributed by atoms with E-state index in [0.717, 1.165) is 35.2 Å².